The molecule has 0 aliphatic rings. The summed E-state index contributed by atoms with van der Waals surface area (Å²) in [6, 6.07) is 5.05. The Bertz CT molecular complexity index is 542. The summed E-state index contributed by atoms with van der Waals surface area (Å²) in [4.78, 5) is 0.126. The number of alkyl halides is 1. The molecule has 0 saturated heterocycles. The normalized spacial score (nSPS) is 12.4. The minimum atomic E-state index is -0.357. The number of benzene rings is 1. The Kier molecular flexibility index (Phi) is 3.96. The zero-order valence-electron chi connectivity index (χ0n) is 10.1. The standard InChI is InChI=1S/C12H13BrFN3O/c1-8(13)10-7-17(16-15-10)6-9-4-3-5-11(18-2)12(9)14/h3-5,7-8H,6H2,1-2H3. The lowest BCUT2D eigenvalue weighted by molar-refractivity contribution is 0.383. The molecule has 18 heavy (non-hydrogen) atoms. The van der Waals surface area contributed by atoms with Gasteiger partial charge in [0, 0.05) is 11.8 Å². The third-order valence-electron chi connectivity index (χ3n) is 2.56. The number of rotatable bonds is 4. The van der Waals surface area contributed by atoms with Gasteiger partial charge in [0.05, 0.1) is 24.2 Å². The number of hydrogen-bond donors (Lipinski definition) is 0. The van der Waals surface area contributed by atoms with E-state index in [1.807, 2.05) is 6.92 Å². The van der Waals surface area contributed by atoms with Crippen molar-refractivity contribution >= 4 is 15.9 Å². The zero-order chi connectivity index (χ0) is 13.1. The van der Waals surface area contributed by atoms with Gasteiger partial charge < -0.3 is 4.74 Å². The summed E-state index contributed by atoms with van der Waals surface area (Å²) >= 11 is 3.41. The van der Waals surface area contributed by atoms with Gasteiger partial charge in [0.1, 0.15) is 0 Å². The molecule has 1 atom stereocenters. The van der Waals surface area contributed by atoms with E-state index < -0.39 is 0 Å². The van der Waals surface area contributed by atoms with Gasteiger partial charge in [-0.2, -0.15) is 0 Å². The van der Waals surface area contributed by atoms with Crippen molar-refractivity contribution in [3.05, 3.63) is 41.5 Å². The van der Waals surface area contributed by atoms with E-state index in [2.05, 4.69) is 26.2 Å². The molecule has 0 bridgehead atoms. The molecule has 0 spiro atoms. The minimum absolute atomic E-state index is 0.126. The fourth-order valence-corrected chi connectivity index (χ4v) is 1.79. The molecule has 6 heteroatoms. The Morgan fingerprint density at radius 1 is 1.50 bits per heavy atom. The highest BCUT2D eigenvalue weighted by Gasteiger charge is 2.11. The minimum Gasteiger partial charge on any atom is -0.494 e. The molecule has 1 aromatic heterocycles. The second kappa shape index (κ2) is 5.48. The summed E-state index contributed by atoms with van der Waals surface area (Å²) in [6.07, 6.45) is 1.79. The molecule has 0 saturated carbocycles. The average molecular weight is 314 g/mol. The molecule has 96 valence electrons. The van der Waals surface area contributed by atoms with Gasteiger partial charge in [-0.3, -0.25) is 0 Å². The van der Waals surface area contributed by atoms with Crippen LogP contribution in [0.15, 0.2) is 24.4 Å². The second-order valence-electron chi connectivity index (χ2n) is 3.89. The molecule has 2 rings (SSSR count). The summed E-state index contributed by atoms with van der Waals surface area (Å²) in [7, 11) is 1.45. The van der Waals surface area contributed by atoms with Gasteiger partial charge in [0.15, 0.2) is 11.6 Å². The predicted molar refractivity (Wildman–Crippen MR) is 69.4 cm³/mol. The lowest BCUT2D eigenvalue weighted by atomic mass is 10.2. The van der Waals surface area contributed by atoms with E-state index in [1.54, 1.807) is 29.1 Å². The van der Waals surface area contributed by atoms with E-state index in [9.17, 15) is 4.39 Å². The van der Waals surface area contributed by atoms with E-state index in [4.69, 9.17) is 4.74 Å². The van der Waals surface area contributed by atoms with Gasteiger partial charge >= 0.3 is 0 Å². The third kappa shape index (κ3) is 2.69. The monoisotopic (exact) mass is 313 g/mol. The van der Waals surface area contributed by atoms with E-state index in [-0.39, 0.29) is 16.4 Å². The van der Waals surface area contributed by atoms with Crippen molar-refractivity contribution in [3.63, 3.8) is 0 Å². The van der Waals surface area contributed by atoms with Crippen LogP contribution in [-0.4, -0.2) is 22.1 Å². The van der Waals surface area contributed by atoms with E-state index in [0.717, 1.165) is 5.69 Å². The highest BCUT2D eigenvalue weighted by atomic mass is 79.9. The lowest BCUT2D eigenvalue weighted by Gasteiger charge is -2.06. The summed E-state index contributed by atoms with van der Waals surface area (Å²) < 4.78 is 20.5. The molecule has 1 aromatic carbocycles. The molecule has 1 heterocycles. The van der Waals surface area contributed by atoms with Gasteiger partial charge in [0.25, 0.3) is 0 Å². The van der Waals surface area contributed by atoms with Crippen molar-refractivity contribution in [2.24, 2.45) is 0 Å². The van der Waals surface area contributed by atoms with Gasteiger partial charge in [0.2, 0.25) is 0 Å². The number of methoxy groups -OCH3 is 1. The van der Waals surface area contributed by atoms with E-state index in [0.29, 0.717) is 12.1 Å². The molecule has 0 aliphatic heterocycles. The quantitative estimate of drug-likeness (QED) is 0.815. The Labute approximate surface area is 113 Å². The number of aromatic nitrogens is 3. The molecule has 1 unspecified atom stereocenters. The summed E-state index contributed by atoms with van der Waals surface area (Å²) in [5, 5.41) is 7.96. The second-order valence-corrected chi connectivity index (χ2v) is 5.26. The van der Waals surface area contributed by atoms with Crippen molar-refractivity contribution in [1.29, 1.82) is 0 Å². The fraction of sp³-hybridized carbons (Fsp3) is 0.333. The number of ether oxygens (including phenoxy) is 1. The van der Waals surface area contributed by atoms with Gasteiger partial charge in [-0.1, -0.05) is 33.3 Å². The smallest absolute Gasteiger partial charge is 0.170 e. The molecular weight excluding hydrogens is 301 g/mol. The fourth-order valence-electron chi connectivity index (χ4n) is 1.58. The molecule has 4 nitrogen and oxygen atoms in total. The van der Waals surface area contributed by atoms with E-state index >= 15 is 0 Å². The van der Waals surface area contributed by atoms with Crippen LogP contribution in [0.5, 0.6) is 5.75 Å². The first-order valence-corrected chi connectivity index (χ1v) is 6.39. The van der Waals surface area contributed by atoms with Crippen LogP contribution >= 0.6 is 15.9 Å². The molecule has 0 fully saturated rings. The Morgan fingerprint density at radius 2 is 2.28 bits per heavy atom. The maximum atomic E-state index is 13.9. The third-order valence-corrected chi connectivity index (χ3v) is 3.03. The van der Waals surface area contributed by atoms with Crippen LogP contribution in [-0.2, 0) is 6.54 Å². The van der Waals surface area contributed by atoms with Crippen molar-refractivity contribution < 1.29 is 9.13 Å². The zero-order valence-corrected chi connectivity index (χ0v) is 11.7. The van der Waals surface area contributed by atoms with Crippen LogP contribution in [0.1, 0.15) is 23.0 Å². The summed E-state index contributed by atoms with van der Waals surface area (Å²) in [5.74, 6) is -0.120. The SMILES string of the molecule is COc1cccc(Cn2cc(C(C)Br)nn2)c1F. The Morgan fingerprint density at radius 3 is 2.89 bits per heavy atom. The lowest BCUT2D eigenvalue weighted by Crippen LogP contribution is -2.03. The number of halogens is 2. The van der Waals surface area contributed by atoms with Gasteiger partial charge in [-0.15, -0.1) is 5.10 Å². The van der Waals surface area contributed by atoms with Crippen molar-refractivity contribution in [1.82, 2.24) is 15.0 Å². The molecule has 2 aromatic rings. The summed E-state index contributed by atoms with van der Waals surface area (Å²) in [6.45, 7) is 2.29. The highest BCUT2D eigenvalue weighted by molar-refractivity contribution is 9.09. The van der Waals surface area contributed by atoms with E-state index in [1.165, 1.54) is 7.11 Å². The topological polar surface area (TPSA) is 39.9 Å². The molecule has 0 radical (unpaired) electrons. The summed E-state index contributed by atoms with van der Waals surface area (Å²) in [5.41, 5.74) is 1.34. The van der Waals surface area contributed by atoms with Crippen LogP contribution in [0.4, 0.5) is 4.39 Å². The van der Waals surface area contributed by atoms with Crippen molar-refractivity contribution in [2.75, 3.05) is 7.11 Å². The molecule has 0 amide bonds. The number of nitrogens with zero attached hydrogens (tertiary/aromatic N) is 3. The van der Waals surface area contributed by atoms with Crippen LogP contribution in [0.2, 0.25) is 0 Å². The van der Waals surface area contributed by atoms with Crippen LogP contribution < -0.4 is 4.74 Å². The predicted octanol–water partition coefficient (Wildman–Crippen LogP) is 2.93. The first-order valence-electron chi connectivity index (χ1n) is 5.47. The molecule has 0 aliphatic carbocycles. The molecular formula is C12H13BrFN3O. The molecule has 0 N–H and O–H groups in total. The van der Waals surface area contributed by atoms with Crippen LogP contribution in [0.3, 0.4) is 0 Å². The first kappa shape index (κ1) is 13.0. The van der Waals surface area contributed by atoms with Crippen LogP contribution in [0.25, 0.3) is 0 Å². The largest absolute Gasteiger partial charge is 0.494 e. The highest BCUT2D eigenvalue weighted by Crippen LogP contribution is 2.22. The maximum absolute atomic E-state index is 13.9. The van der Waals surface area contributed by atoms with Crippen molar-refractivity contribution in [2.45, 2.75) is 18.3 Å². The Hall–Kier alpha value is -1.43. The van der Waals surface area contributed by atoms with Gasteiger partial charge in [-0.05, 0) is 13.0 Å². The van der Waals surface area contributed by atoms with Gasteiger partial charge in [-0.25, -0.2) is 9.07 Å². The number of hydrogen-bond acceptors (Lipinski definition) is 3. The average Bonchev–Trinajstić information content (AvgIpc) is 2.80. The first-order chi connectivity index (χ1) is 8.61. The Balaban J connectivity index is 2.23. The maximum Gasteiger partial charge on any atom is 0.170 e. The van der Waals surface area contributed by atoms with Crippen LogP contribution in [0, 0.1) is 5.82 Å². The van der Waals surface area contributed by atoms with Crippen molar-refractivity contribution in [3.8, 4) is 5.75 Å².